The molecule has 10 aromatic rings. The van der Waals surface area contributed by atoms with Gasteiger partial charge in [-0.15, -0.1) is 0 Å². The van der Waals surface area contributed by atoms with Gasteiger partial charge in [-0.05, 0) is 169 Å². The first kappa shape index (κ1) is 95.5. The summed E-state index contributed by atoms with van der Waals surface area (Å²) in [6.45, 7) is 43.7. The van der Waals surface area contributed by atoms with Gasteiger partial charge in [0.1, 0.15) is 78.2 Å². The number of rotatable bonds is 26. The van der Waals surface area contributed by atoms with Gasteiger partial charge in [-0.1, -0.05) is 218 Å². The van der Waals surface area contributed by atoms with E-state index in [-0.39, 0.29) is 25.0 Å². The number of para-hydroxylation sites is 2. The summed E-state index contributed by atoms with van der Waals surface area (Å²) >= 11 is -0.472. The van der Waals surface area contributed by atoms with Crippen LogP contribution in [0, 0.1) is 27.7 Å². The minimum atomic E-state index is -4.27. The normalized spacial score (nSPS) is 12.4. The Kier molecular flexibility index (Phi) is 38.3. The fourth-order valence-electron chi connectivity index (χ4n) is 12.7. The summed E-state index contributed by atoms with van der Waals surface area (Å²) in [7, 11) is -9.23. The van der Waals surface area contributed by atoms with Crippen molar-refractivity contribution < 1.29 is 92.7 Å². The molecule has 0 aromatic heterocycles. The van der Waals surface area contributed by atoms with Gasteiger partial charge in [0.2, 0.25) is 0 Å². The Bertz CT molecular complexity index is 4490. The summed E-state index contributed by atoms with van der Waals surface area (Å²) in [4.78, 5) is 5.70. The molecule has 1 aliphatic rings. The van der Waals surface area contributed by atoms with Crippen LogP contribution < -0.4 is 56.2 Å². The molecule has 113 heavy (non-hydrogen) atoms. The van der Waals surface area contributed by atoms with Crippen LogP contribution >= 0.6 is 34.7 Å². The van der Waals surface area contributed by atoms with Crippen molar-refractivity contribution in [1.29, 1.82) is 0 Å². The van der Waals surface area contributed by atoms with E-state index in [0.29, 0.717) is 0 Å². The summed E-state index contributed by atoms with van der Waals surface area (Å²) in [5, 5.41) is 8.02. The zero-order valence-electron chi connectivity index (χ0n) is 66.8. The van der Waals surface area contributed by atoms with E-state index in [0.717, 1.165) is 112 Å². The van der Waals surface area contributed by atoms with Gasteiger partial charge in [-0.25, -0.2) is 33.7 Å². The van der Waals surface area contributed by atoms with E-state index < -0.39 is 72.8 Å². The van der Waals surface area contributed by atoms with Crippen LogP contribution in [0.3, 0.4) is 0 Å². The number of aryl methyl sites for hydroxylation is 4. The third kappa shape index (κ3) is 29.0. The number of hydrogen-bond donors (Lipinski definition) is 4. The molecule has 0 saturated heterocycles. The molecular weight excluding hydrogens is 1770 g/mol. The summed E-state index contributed by atoms with van der Waals surface area (Å²) in [6.07, 6.45) is 0. The van der Waals surface area contributed by atoms with Gasteiger partial charge in [0.15, 0.2) is 0 Å². The van der Waals surface area contributed by atoms with Crippen LogP contribution in [0.2, 0.25) is 0 Å². The molecule has 26 heteroatoms. The summed E-state index contributed by atoms with van der Waals surface area (Å²) in [5.41, 5.74) is 11.5. The molecule has 1 aliphatic heterocycles. The van der Waals surface area contributed by atoms with Gasteiger partial charge >= 0.3 is 35.3 Å². The number of fused-ring (bicyclic) bond motifs is 2. The van der Waals surface area contributed by atoms with Gasteiger partial charge in [-0.2, -0.15) is 0 Å². The van der Waals surface area contributed by atoms with Gasteiger partial charge in [0.25, 0.3) is 0 Å². The number of ether oxygens (including phenoxy) is 1. The molecule has 0 spiro atoms. The zero-order valence-corrected chi connectivity index (χ0v) is 75.7. The molecule has 0 unspecified atom stereocenters. The first-order chi connectivity index (χ1) is 53.5. The Morgan fingerprint density at radius 1 is 0.319 bits per heavy atom. The number of benzene rings is 10. The van der Waals surface area contributed by atoms with E-state index in [1.807, 2.05) is 27.7 Å². The average molecular weight is 1870 g/mol. The number of halogens is 2. The Hall–Kier alpha value is -6.39. The molecule has 10 aromatic carbocycles. The molecule has 4 N–H and O–H groups in total. The third-order valence-electron chi connectivity index (χ3n) is 19.9. The average Bonchev–Trinajstić information content (AvgIpc) is 0.723. The van der Waals surface area contributed by atoms with Crippen molar-refractivity contribution in [2.45, 2.75) is 148 Å². The van der Waals surface area contributed by atoms with E-state index >= 15 is 0 Å². The van der Waals surface area contributed by atoms with Gasteiger partial charge in [-0.3, -0.25) is 0 Å². The van der Waals surface area contributed by atoms with E-state index in [9.17, 15) is 51.9 Å². The summed E-state index contributed by atoms with van der Waals surface area (Å²) in [6, 6.07) is 75.5. The number of nitrogens with one attached hydrogen (secondary N) is 4. The van der Waals surface area contributed by atoms with E-state index in [2.05, 4.69) is 203 Å². The standard InChI is InChI=1S/C59H76N4OP2.4C7H8O3S.2ClH.Pt/c1-11-60(12-2)41-45-25-33-49(34-26-45)65(50-35-27-46(28-36-50)42-61(13-3)14-4)55-23-19-21-53-57(55)64-58-54(59(53,9)10)22-20-24-56(58)66(51-37-29-47(30-38-51)43-62(15-5)16-6)52-39-31-48(32-40-52)44-63(17-7)18-8;4*1-6-2-4-7(5-3-6)11(8,9)10;;;/h19-40H,11-18,41-44H2,1-10H3;4*2-5H,1H3,(H,8,9,10);2*1H;/q;;;;;;;+2/p-2. The second-order valence-electron chi connectivity index (χ2n) is 28.0. The van der Waals surface area contributed by atoms with Crippen LogP contribution in [0.25, 0.3) is 0 Å². The molecule has 0 saturated carbocycles. The van der Waals surface area contributed by atoms with Crippen molar-refractivity contribution in [1.82, 2.24) is 0 Å². The van der Waals surface area contributed by atoms with Crippen LogP contribution in [0.15, 0.2) is 250 Å². The monoisotopic (exact) mass is 1870 g/mol. The topological polar surface area (TPSA) is 256 Å². The van der Waals surface area contributed by atoms with E-state index in [4.69, 9.17) is 23.6 Å². The molecule has 11 rings (SSSR count). The van der Waals surface area contributed by atoms with Crippen molar-refractivity contribution in [2.24, 2.45) is 0 Å². The molecule has 1 heterocycles. The molecule has 0 aliphatic carbocycles. The van der Waals surface area contributed by atoms with Crippen molar-refractivity contribution in [3.05, 3.63) is 286 Å². The van der Waals surface area contributed by atoms with Crippen LogP contribution in [0.5, 0.6) is 11.5 Å². The fraction of sp³-hybridized carbons (Fsp3) is 0.310. The molecule has 17 nitrogen and oxygen atoms in total. The van der Waals surface area contributed by atoms with Crippen molar-refractivity contribution in [3.63, 3.8) is 0 Å². The van der Waals surface area contributed by atoms with E-state index in [1.54, 1.807) is 68.1 Å². The summed E-state index contributed by atoms with van der Waals surface area (Å²) < 4.78 is 132. The zero-order chi connectivity index (χ0) is 83.4. The maximum absolute atomic E-state index is 10.4. The molecule has 0 amide bonds. The first-order valence-electron chi connectivity index (χ1n) is 37.7. The van der Waals surface area contributed by atoms with Gasteiger partial charge < -0.3 is 42.5 Å². The Morgan fingerprint density at radius 2 is 0.504 bits per heavy atom. The molecule has 0 atom stereocenters. The predicted octanol–water partition coefficient (Wildman–Crippen LogP) is 10.3. The minimum absolute atomic E-state index is 0.178. The summed E-state index contributed by atoms with van der Waals surface area (Å²) in [5.74, 6) is 2.07. The van der Waals surface area contributed by atoms with Crippen LogP contribution in [-0.4, -0.2) is 104 Å². The fourth-order valence-corrected chi connectivity index (χ4v) is 19.3. The SMILES string of the molecule is CC[NH+](CC)Cc1ccc(P(c2ccc(C[NH+](CC)CC)cc2)c2cccc3c2Oc2c(P(c4ccc(C[NH+](CC)CC)cc4)c4ccc(C[NH+](CC)CC)cc4)cccc2C3(C)C)cc1.Cc1ccc(S(=O)(=O)[O-])cc1.Cc1ccc(S(=O)(=O)[O-])cc1.Cc1ccc(S(=O)(=O)[O-])cc1.Cc1ccc(S(=O)(=O)[O-])cc1.[Cl][Pt][Cl]. The molecule has 0 fully saturated rings. The molecule has 612 valence electrons. The number of hydrogen-bond acceptors (Lipinski definition) is 13. The molecule has 0 bridgehead atoms. The second-order valence-corrected chi connectivity index (χ2v) is 41.2. The Balaban J connectivity index is 0.000000334. The van der Waals surface area contributed by atoms with Gasteiger partial charge in [0, 0.05) is 49.4 Å². The number of quaternary nitrogens is 4. The quantitative estimate of drug-likeness (QED) is 0.0291. The van der Waals surface area contributed by atoms with Gasteiger partial charge in [0.05, 0.1) is 71.9 Å². The second kappa shape index (κ2) is 45.4. The Morgan fingerprint density at radius 3 is 0.673 bits per heavy atom. The van der Waals surface area contributed by atoms with Crippen LogP contribution in [0.1, 0.15) is 125 Å². The maximum atomic E-state index is 10.4. The van der Waals surface area contributed by atoms with Crippen molar-refractivity contribution in [3.8, 4) is 11.5 Å². The first-order valence-corrected chi connectivity index (χ1v) is 51.6. The van der Waals surface area contributed by atoms with Crippen molar-refractivity contribution >= 4 is 107 Å². The third-order valence-corrected chi connectivity index (χ3v) is 28.2. The molecular formula is C87H108Cl2N4O13P2PtS4. The Labute approximate surface area is 692 Å². The van der Waals surface area contributed by atoms with Crippen LogP contribution in [-0.2, 0) is 88.5 Å². The predicted molar refractivity (Wildman–Crippen MR) is 454 cm³/mol. The van der Waals surface area contributed by atoms with Crippen LogP contribution in [0.4, 0.5) is 0 Å². The molecule has 0 radical (unpaired) electrons. The van der Waals surface area contributed by atoms with Crippen molar-refractivity contribution in [2.75, 3.05) is 52.4 Å². The van der Waals surface area contributed by atoms with E-state index in [1.165, 1.54) is 114 Å².